The molecule has 80 valence electrons. The molecule has 0 aliphatic heterocycles. The number of rotatable bonds is 4. The second kappa shape index (κ2) is 4.80. The average Bonchev–Trinajstić information content (AvgIpc) is 2.33. The number of hydrogen-bond donors (Lipinski definition) is 1. The Labute approximate surface area is 90.4 Å². The molecule has 0 bridgehead atoms. The topological polar surface area (TPSA) is 29.9 Å². The smallest absolute Gasteiger partial charge is 0.0844 e. The van der Waals surface area contributed by atoms with Gasteiger partial charge in [-0.1, -0.05) is 25.4 Å². The molecule has 0 aliphatic rings. The summed E-state index contributed by atoms with van der Waals surface area (Å²) in [5.41, 5.74) is 1.96. The van der Waals surface area contributed by atoms with E-state index in [1.54, 1.807) is 0 Å². The third-order valence-electron chi connectivity index (χ3n) is 2.17. The van der Waals surface area contributed by atoms with Crippen molar-refractivity contribution in [1.82, 2.24) is 15.1 Å². The zero-order valence-electron chi connectivity index (χ0n) is 9.26. The maximum atomic E-state index is 6.04. The van der Waals surface area contributed by atoms with Crippen LogP contribution >= 0.6 is 11.6 Å². The molecule has 0 saturated heterocycles. The number of nitrogens with zero attached hydrogens (tertiary/aromatic N) is 2. The second-order valence-corrected chi connectivity index (χ2v) is 4.19. The van der Waals surface area contributed by atoms with Crippen molar-refractivity contribution >= 4 is 11.6 Å². The van der Waals surface area contributed by atoms with Gasteiger partial charge in [0.1, 0.15) is 0 Å². The van der Waals surface area contributed by atoms with Gasteiger partial charge in [-0.05, 0) is 13.8 Å². The maximum absolute atomic E-state index is 6.04. The van der Waals surface area contributed by atoms with Gasteiger partial charge in [0.15, 0.2) is 0 Å². The fraction of sp³-hybridized carbons (Fsp3) is 0.700. The standard InChI is InChI=1S/C10H18ClN3/c1-7(2)12-5-6-14-9(4)10(11)8(3)13-14/h7,12H,5-6H2,1-4H3. The van der Waals surface area contributed by atoms with Crippen molar-refractivity contribution in [2.75, 3.05) is 6.54 Å². The molecule has 4 heteroatoms. The molecule has 0 atom stereocenters. The minimum atomic E-state index is 0.516. The largest absolute Gasteiger partial charge is 0.313 e. The minimum absolute atomic E-state index is 0.516. The monoisotopic (exact) mass is 215 g/mol. The van der Waals surface area contributed by atoms with Gasteiger partial charge >= 0.3 is 0 Å². The van der Waals surface area contributed by atoms with Crippen LogP contribution in [-0.2, 0) is 6.54 Å². The van der Waals surface area contributed by atoms with E-state index in [-0.39, 0.29) is 0 Å². The molecular weight excluding hydrogens is 198 g/mol. The molecule has 0 spiro atoms. The molecule has 1 N–H and O–H groups in total. The number of aromatic nitrogens is 2. The average molecular weight is 216 g/mol. The number of aryl methyl sites for hydroxylation is 1. The van der Waals surface area contributed by atoms with Crippen LogP contribution in [0.1, 0.15) is 25.2 Å². The van der Waals surface area contributed by atoms with E-state index in [1.807, 2.05) is 18.5 Å². The highest BCUT2D eigenvalue weighted by Crippen LogP contribution is 2.18. The van der Waals surface area contributed by atoms with E-state index < -0.39 is 0 Å². The van der Waals surface area contributed by atoms with Crippen LogP contribution in [0.2, 0.25) is 5.02 Å². The molecule has 1 aromatic rings. The van der Waals surface area contributed by atoms with Gasteiger partial charge in [-0.3, -0.25) is 4.68 Å². The van der Waals surface area contributed by atoms with E-state index in [1.165, 1.54) is 0 Å². The lowest BCUT2D eigenvalue weighted by molar-refractivity contribution is 0.507. The molecule has 14 heavy (non-hydrogen) atoms. The fourth-order valence-electron chi connectivity index (χ4n) is 1.35. The highest BCUT2D eigenvalue weighted by molar-refractivity contribution is 6.31. The molecular formula is C10H18ClN3. The van der Waals surface area contributed by atoms with Crippen molar-refractivity contribution in [3.8, 4) is 0 Å². The Morgan fingerprint density at radius 1 is 1.43 bits per heavy atom. The van der Waals surface area contributed by atoms with E-state index in [0.717, 1.165) is 29.5 Å². The zero-order chi connectivity index (χ0) is 10.7. The Hall–Kier alpha value is -0.540. The van der Waals surface area contributed by atoms with Gasteiger partial charge in [-0.25, -0.2) is 0 Å². The first-order valence-corrected chi connectivity index (χ1v) is 5.33. The van der Waals surface area contributed by atoms with Gasteiger partial charge in [0, 0.05) is 12.6 Å². The SMILES string of the molecule is Cc1nn(CCNC(C)C)c(C)c1Cl. The summed E-state index contributed by atoms with van der Waals surface area (Å²) in [6.45, 7) is 10.00. The Morgan fingerprint density at radius 2 is 2.07 bits per heavy atom. The second-order valence-electron chi connectivity index (χ2n) is 3.82. The molecule has 1 heterocycles. The summed E-state index contributed by atoms with van der Waals surface area (Å²) in [4.78, 5) is 0. The summed E-state index contributed by atoms with van der Waals surface area (Å²) in [5.74, 6) is 0. The van der Waals surface area contributed by atoms with Crippen LogP contribution < -0.4 is 5.32 Å². The van der Waals surface area contributed by atoms with Crippen LogP contribution in [-0.4, -0.2) is 22.4 Å². The summed E-state index contributed by atoms with van der Waals surface area (Å²) in [5, 5.41) is 8.48. The van der Waals surface area contributed by atoms with Gasteiger partial charge in [0.05, 0.1) is 23.0 Å². The maximum Gasteiger partial charge on any atom is 0.0844 e. The van der Waals surface area contributed by atoms with Gasteiger partial charge in [-0.15, -0.1) is 0 Å². The fourth-order valence-corrected chi connectivity index (χ4v) is 1.49. The molecule has 0 aromatic carbocycles. The third kappa shape index (κ3) is 2.72. The summed E-state index contributed by atoms with van der Waals surface area (Å²) >= 11 is 6.04. The molecule has 0 amide bonds. The van der Waals surface area contributed by atoms with E-state index >= 15 is 0 Å². The summed E-state index contributed by atoms with van der Waals surface area (Å²) in [6.07, 6.45) is 0. The first-order valence-electron chi connectivity index (χ1n) is 4.95. The van der Waals surface area contributed by atoms with Crippen LogP contribution in [0.5, 0.6) is 0 Å². The number of hydrogen-bond acceptors (Lipinski definition) is 2. The van der Waals surface area contributed by atoms with Crippen molar-refractivity contribution in [3.63, 3.8) is 0 Å². The van der Waals surface area contributed by atoms with Crippen molar-refractivity contribution in [2.45, 2.75) is 40.3 Å². The normalized spacial score (nSPS) is 11.3. The molecule has 0 aliphatic carbocycles. The van der Waals surface area contributed by atoms with E-state index in [4.69, 9.17) is 11.6 Å². The van der Waals surface area contributed by atoms with E-state index in [0.29, 0.717) is 6.04 Å². The highest BCUT2D eigenvalue weighted by atomic mass is 35.5. The first kappa shape index (κ1) is 11.5. The van der Waals surface area contributed by atoms with Gasteiger partial charge in [0.2, 0.25) is 0 Å². The van der Waals surface area contributed by atoms with Gasteiger partial charge in [0.25, 0.3) is 0 Å². The van der Waals surface area contributed by atoms with Crippen molar-refractivity contribution in [3.05, 3.63) is 16.4 Å². The predicted molar refractivity (Wildman–Crippen MR) is 59.8 cm³/mol. The predicted octanol–water partition coefficient (Wildman–Crippen LogP) is 2.15. The number of nitrogens with one attached hydrogen (secondary N) is 1. The van der Waals surface area contributed by atoms with E-state index in [9.17, 15) is 0 Å². The van der Waals surface area contributed by atoms with Crippen molar-refractivity contribution < 1.29 is 0 Å². The number of halogens is 1. The Balaban J connectivity index is 2.55. The molecule has 3 nitrogen and oxygen atoms in total. The molecule has 1 rings (SSSR count). The first-order chi connectivity index (χ1) is 6.52. The van der Waals surface area contributed by atoms with Crippen LogP contribution in [0.3, 0.4) is 0 Å². The lowest BCUT2D eigenvalue weighted by Crippen LogP contribution is -2.27. The zero-order valence-corrected chi connectivity index (χ0v) is 10.0. The molecule has 1 aromatic heterocycles. The minimum Gasteiger partial charge on any atom is -0.313 e. The molecule has 0 radical (unpaired) electrons. The Morgan fingerprint density at radius 3 is 2.50 bits per heavy atom. The van der Waals surface area contributed by atoms with E-state index in [2.05, 4.69) is 24.3 Å². The summed E-state index contributed by atoms with van der Waals surface area (Å²) < 4.78 is 1.95. The van der Waals surface area contributed by atoms with Crippen LogP contribution in [0.15, 0.2) is 0 Å². The lowest BCUT2D eigenvalue weighted by atomic mass is 10.4. The van der Waals surface area contributed by atoms with Crippen molar-refractivity contribution in [1.29, 1.82) is 0 Å². The Bertz CT molecular complexity index is 305. The highest BCUT2D eigenvalue weighted by Gasteiger charge is 2.08. The van der Waals surface area contributed by atoms with Crippen LogP contribution in [0.4, 0.5) is 0 Å². The molecule has 0 fully saturated rings. The van der Waals surface area contributed by atoms with Gasteiger partial charge in [-0.2, -0.15) is 5.10 Å². The lowest BCUT2D eigenvalue weighted by Gasteiger charge is -2.08. The summed E-state index contributed by atoms with van der Waals surface area (Å²) in [6, 6.07) is 0.516. The van der Waals surface area contributed by atoms with Crippen molar-refractivity contribution in [2.24, 2.45) is 0 Å². The molecule has 0 unspecified atom stereocenters. The van der Waals surface area contributed by atoms with Crippen LogP contribution in [0, 0.1) is 13.8 Å². The summed E-state index contributed by atoms with van der Waals surface area (Å²) in [7, 11) is 0. The van der Waals surface area contributed by atoms with Gasteiger partial charge < -0.3 is 5.32 Å². The van der Waals surface area contributed by atoms with Crippen LogP contribution in [0.25, 0.3) is 0 Å². The quantitative estimate of drug-likeness (QED) is 0.834. The third-order valence-corrected chi connectivity index (χ3v) is 2.72. The molecule has 0 saturated carbocycles. The Kier molecular flexibility index (Phi) is 3.96.